The van der Waals surface area contributed by atoms with E-state index in [9.17, 15) is 4.79 Å². The number of nitrogens with one attached hydrogen (secondary N) is 1. The van der Waals surface area contributed by atoms with Gasteiger partial charge in [-0.15, -0.1) is 0 Å². The van der Waals surface area contributed by atoms with Crippen LogP contribution in [-0.2, 0) is 11.3 Å². The lowest BCUT2D eigenvalue weighted by Crippen LogP contribution is -2.44. The number of carbonyl (C=O) groups excluding carboxylic acids is 1. The van der Waals surface area contributed by atoms with E-state index in [1.54, 1.807) is 0 Å². The monoisotopic (exact) mass is 338 g/mol. The fourth-order valence-electron chi connectivity index (χ4n) is 3.18. The van der Waals surface area contributed by atoms with Crippen molar-refractivity contribution in [2.45, 2.75) is 38.8 Å². The molecule has 0 atom stereocenters. The van der Waals surface area contributed by atoms with Crippen molar-refractivity contribution in [1.82, 2.24) is 10.2 Å². The van der Waals surface area contributed by atoms with Gasteiger partial charge in [-0.25, -0.2) is 0 Å². The van der Waals surface area contributed by atoms with Crippen molar-refractivity contribution in [3.63, 3.8) is 0 Å². The van der Waals surface area contributed by atoms with Crippen LogP contribution in [0.3, 0.4) is 0 Å². The normalized spacial score (nSPS) is 15.2. The van der Waals surface area contributed by atoms with Crippen LogP contribution in [0.1, 0.15) is 31.7 Å². The Hall–Kier alpha value is -2.33. The molecule has 2 aromatic rings. The summed E-state index contributed by atoms with van der Waals surface area (Å²) in [6.07, 6.45) is 2.61. The molecule has 1 aliphatic heterocycles. The highest BCUT2D eigenvalue weighted by Crippen LogP contribution is 2.25. The Kier molecular flexibility index (Phi) is 6.07. The van der Waals surface area contributed by atoms with Crippen LogP contribution in [0.25, 0.3) is 0 Å². The standard InChI is InChI=1S/C21H26N2O2/c1-2-21(24)23-14-12-18(13-15-23)22-16-17-8-6-7-11-20(17)25-19-9-4-3-5-10-19/h3-11,18,22H,2,12-16H2,1H3. The minimum Gasteiger partial charge on any atom is -0.457 e. The molecule has 0 aromatic heterocycles. The lowest BCUT2D eigenvalue weighted by molar-refractivity contribution is -0.131. The Morgan fingerprint density at radius 1 is 1.08 bits per heavy atom. The number of benzene rings is 2. The van der Waals surface area contributed by atoms with Crippen molar-refractivity contribution in [3.8, 4) is 11.5 Å². The van der Waals surface area contributed by atoms with Crippen LogP contribution in [0.5, 0.6) is 11.5 Å². The molecule has 1 saturated heterocycles. The van der Waals surface area contributed by atoms with Gasteiger partial charge in [0.25, 0.3) is 0 Å². The number of rotatable bonds is 6. The second kappa shape index (κ2) is 8.67. The molecule has 1 amide bonds. The molecule has 1 fully saturated rings. The first-order valence-electron chi connectivity index (χ1n) is 9.08. The van der Waals surface area contributed by atoms with Gasteiger partial charge in [0.1, 0.15) is 11.5 Å². The molecule has 0 unspecified atom stereocenters. The quantitative estimate of drug-likeness (QED) is 0.866. The number of likely N-dealkylation sites (tertiary alicyclic amines) is 1. The first-order valence-corrected chi connectivity index (χ1v) is 9.08. The maximum Gasteiger partial charge on any atom is 0.222 e. The number of amides is 1. The Morgan fingerprint density at radius 2 is 1.76 bits per heavy atom. The van der Waals surface area contributed by atoms with Gasteiger partial charge >= 0.3 is 0 Å². The van der Waals surface area contributed by atoms with Gasteiger partial charge in [-0.05, 0) is 31.0 Å². The number of ether oxygens (including phenoxy) is 1. The summed E-state index contributed by atoms with van der Waals surface area (Å²) in [5.41, 5.74) is 1.15. The summed E-state index contributed by atoms with van der Waals surface area (Å²) in [6, 6.07) is 18.4. The number of hydrogen-bond donors (Lipinski definition) is 1. The third-order valence-corrected chi connectivity index (χ3v) is 4.67. The van der Waals surface area contributed by atoms with Crippen molar-refractivity contribution in [1.29, 1.82) is 0 Å². The second-order valence-electron chi connectivity index (χ2n) is 6.41. The molecule has 25 heavy (non-hydrogen) atoms. The van der Waals surface area contributed by atoms with Gasteiger partial charge in [0.2, 0.25) is 5.91 Å². The summed E-state index contributed by atoms with van der Waals surface area (Å²) in [5, 5.41) is 3.62. The van der Waals surface area contributed by atoms with Crippen LogP contribution >= 0.6 is 0 Å². The Balaban J connectivity index is 1.55. The van der Waals surface area contributed by atoms with E-state index in [-0.39, 0.29) is 5.91 Å². The highest BCUT2D eigenvalue weighted by atomic mass is 16.5. The molecule has 0 radical (unpaired) electrons. The summed E-state index contributed by atoms with van der Waals surface area (Å²) in [4.78, 5) is 13.7. The smallest absolute Gasteiger partial charge is 0.222 e. The molecule has 0 aliphatic carbocycles. The number of hydrogen-bond acceptors (Lipinski definition) is 3. The molecule has 0 saturated carbocycles. The zero-order chi connectivity index (χ0) is 17.5. The lowest BCUT2D eigenvalue weighted by Gasteiger charge is -2.32. The molecule has 1 N–H and O–H groups in total. The van der Waals surface area contributed by atoms with Gasteiger partial charge in [0.05, 0.1) is 0 Å². The number of para-hydroxylation sites is 2. The van der Waals surface area contributed by atoms with E-state index in [1.165, 1.54) is 0 Å². The molecule has 0 spiro atoms. The van der Waals surface area contributed by atoms with Crippen LogP contribution in [0.2, 0.25) is 0 Å². The summed E-state index contributed by atoms with van der Waals surface area (Å²) >= 11 is 0. The first kappa shape index (κ1) is 17.5. The minimum absolute atomic E-state index is 0.264. The van der Waals surface area contributed by atoms with Gasteiger partial charge in [-0.1, -0.05) is 43.3 Å². The van der Waals surface area contributed by atoms with E-state index in [1.807, 2.05) is 60.4 Å². The highest BCUT2D eigenvalue weighted by Gasteiger charge is 2.21. The molecule has 3 rings (SSSR count). The van der Waals surface area contributed by atoms with Crippen molar-refractivity contribution in [3.05, 3.63) is 60.2 Å². The Morgan fingerprint density at radius 3 is 2.48 bits per heavy atom. The fourth-order valence-corrected chi connectivity index (χ4v) is 3.18. The molecular weight excluding hydrogens is 312 g/mol. The van der Waals surface area contributed by atoms with Gasteiger partial charge in [-0.3, -0.25) is 4.79 Å². The summed E-state index contributed by atoms with van der Waals surface area (Å²) in [7, 11) is 0. The predicted molar refractivity (Wildman–Crippen MR) is 99.7 cm³/mol. The number of piperidine rings is 1. The van der Waals surface area contributed by atoms with Gasteiger partial charge in [0, 0.05) is 37.7 Å². The van der Waals surface area contributed by atoms with E-state index < -0.39 is 0 Å². The molecule has 1 heterocycles. The average Bonchev–Trinajstić information content (AvgIpc) is 2.68. The maximum absolute atomic E-state index is 11.8. The van der Waals surface area contributed by atoms with E-state index in [2.05, 4.69) is 11.4 Å². The van der Waals surface area contributed by atoms with E-state index in [0.29, 0.717) is 12.5 Å². The average molecular weight is 338 g/mol. The summed E-state index contributed by atoms with van der Waals surface area (Å²) < 4.78 is 6.02. The Bertz CT molecular complexity index is 679. The van der Waals surface area contributed by atoms with Crippen molar-refractivity contribution < 1.29 is 9.53 Å². The number of carbonyl (C=O) groups is 1. The van der Waals surface area contributed by atoms with Crippen LogP contribution < -0.4 is 10.1 Å². The molecule has 0 bridgehead atoms. The third-order valence-electron chi connectivity index (χ3n) is 4.67. The molecule has 1 aliphatic rings. The van der Waals surface area contributed by atoms with Crippen molar-refractivity contribution in [2.24, 2.45) is 0 Å². The zero-order valence-electron chi connectivity index (χ0n) is 14.8. The zero-order valence-corrected chi connectivity index (χ0v) is 14.8. The van der Waals surface area contributed by atoms with E-state index in [0.717, 1.165) is 49.5 Å². The van der Waals surface area contributed by atoms with Crippen LogP contribution in [-0.4, -0.2) is 29.9 Å². The van der Waals surface area contributed by atoms with E-state index >= 15 is 0 Å². The molecule has 4 heteroatoms. The van der Waals surface area contributed by atoms with Gasteiger partial charge in [0.15, 0.2) is 0 Å². The summed E-state index contributed by atoms with van der Waals surface area (Å²) in [5.74, 6) is 2.00. The second-order valence-corrected chi connectivity index (χ2v) is 6.41. The minimum atomic E-state index is 0.264. The van der Waals surface area contributed by atoms with Crippen LogP contribution in [0.15, 0.2) is 54.6 Å². The van der Waals surface area contributed by atoms with Crippen LogP contribution in [0, 0.1) is 0 Å². The topological polar surface area (TPSA) is 41.6 Å². The van der Waals surface area contributed by atoms with Gasteiger partial charge < -0.3 is 15.0 Å². The predicted octanol–water partition coefficient (Wildman–Crippen LogP) is 3.97. The fraction of sp³-hybridized carbons (Fsp3) is 0.381. The molecule has 4 nitrogen and oxygen atoms in total. The van der Waals surface area contributed by atoms with Crippen LogP contribution in [0.4, 0.5) is 0 Å². The third kappa shape index (κ3) is 4.83. The van der Waals surface area contributed by atoms with Crippen molar-refractivity contribution >= 4 is 5.91 Å². The largest absolute Gasteiger partial charge is 0.457 e. The first-order chi connectivity index (χ1) is 12.3. The maximum atomic E-state index is 11.8. The van der Waals surface area contributed by atoms with Crippen molar-refractivity contribution in [2.75, 3.05) is 13.1 Å². The SMILES string of the molecule is CCC(=O)N1CCC(NCc2ccccc2Oc2ccccc2)CC1. The van der Waals surface area contributed by atoms with E-state index in [4.69, 9.17) is 4.74 Å². The highest BCUT2D eigenvalue weighted by molar-refractivity contribution is 5.75. The molecule has 132 valence electrons. The summed E-state index contributed by atoms with van der Waals surface area (Å²) in [6.45, 7) is 4.41. The Labute approximate surface area is 149 Å². The van der Waals surface area contributed by atoms with Gasteiger partial charge in [-0.2, -0.15) is 0 Å². The molecule has 2 aromatic carbocycles. The lowest BCUT2D eigenvalue weighted by atomic mass is 10.0. The number of nitrogens with zero attached hydrogens (tertiary/aromatic N) is 1. The molecular formula is C21H26N2O2.